The molecule has 36 heavy (non-hydrogen) atoms. The van der Waals surface area contributed by atoms with Gasteiger partial charge >= 0.3 is 24.1 Å². The van der Waals surface area contributed by atoms with E-state index in [4.69, 9.17) is 24.7 Å². The standard InChI is InChI=1S/C26H39NO9/c1-7-12-33-25(32)34-18(6)14-26(27,24(30)31)15-19-10-11-20(35-22(28)16(4)8-2)21(13-19)36-23(29)17(5)9-3/h10-11,13,16-18H,7-9,12,14-15,27H2,1-6H3,(H,30,31)/t16?,17?,18-,26?/m0/s1. The van der Waals surface area contributed by atoms with Crippen LogP contribution in [0, 0.1) is 11.8 Å². The Bertz CT molecular complexity index is 917. The molecule has 1 aromatic carbocycles. The Morgan fingerprint density at radius 3 is 2.00 bits per heavy atom. The van der Waals surface area contributed by atoms with E-state index in [1.807, 2.05) is 20.8 Å². The lowest BCUT2D eigenvalue weighted by atomic mass is 9.86. The summed E-state index contributed by atoms with van der Waals surface area (Å²) in [6.45, 7) is 10.6. The van der Waals surface area contributed by atoms with Gasteiger partial charge in [-0.25, -0.2) is 4.79 Å². The van der Waals surface area contributed by atoms with Crippen molar-refractivity contribution in [3.63, 3.8) is 0 Å². The zero-order chi connectivity index (χ0) is 27.5. The maximum atomic E-state index is 12.5. The van der Waals surface area contributed by atoms with Crippen LogP contribution >= 0.6 is 0 Å². The van der Waals surface area contributed by atoms with Gasteiger partial charge in [0.25, 0.3) is 0 Å². The quantitative estimate of drug-likeness (QED) is 0.275. The first-order valence-corrected chi connectivity index (χ1v) is 12.3. The average Bonchev–Trinajstić information content (AvgIpc) is 2.82. The molecule has 3 unspecified atom stereocenters. The van der Waals surface area contributed by atoms with Crippen LogP contribution < -0.4 is 15.2 Å². The minimum absolute atomic E-state index is 0.00497. The number of aliphatic carboxylic acids is 1. The van der Waals surface area contributed by atoms with E-state index >= 15 is 0 Å². The summed E-state index contributed by atoms with van der Waals surface area (Å²) in [5.41, 5.74) is 4.84. The molecule has 0 fully saturated rings. The molecule has 3 N–H and O–H groups in total. The highest BCUT2D eigenvalue weighted by atomic mass is 16.7. The highest BCUT2D eigenvalue weighted by molar-refractivity contribution is 5.80. The number of benzene rings is 1. The monoisotopic (exact) mass is 509 g/mol. The predicted molar refractivity (Wildman–Crippen MR) is 132 cm³/mol. The zero-order valence-electron chi connectivity index (χ0n) is 22.0. The van der Waals surface area contributed by atoms with Crippen molar-refractivity contribution in [1.82, 2.24) is 0 Å². The van der Waals surface area contributed by atoms with E-state index in [-0.39, 0.29) is 36.9 Å². The third-order valence-electron chi connectivity index (χ3n) is 5.78. The molecule has 10 nitrogen and oxygen atoms in total. The number of carboxylic acid groups (broad SMARTS) is 1. The maximum absolute atomic E-state index is 12.5. The summed E-state index contributed by atoms with van der Waals surface area (Å²) < 4.78 is 20.9. The molecule has 0 amide bonds. The fourth-order valence-electron chi connectivity index (χ4n) is 3.12. The highest BCUT2D eigenvalue weighted by Crippen LogP contribution is 2.32. The summed E-state index contributed by atoms with van der Waals surface area (Å²) in [7, 11) is 0. The lowest BCUT2D eigenvalue weighted by Gasteiger charge is -2.28. The lowest BCUT2D eigenvalue weighted by molar-refractivity contribution is -0.145. The second-order valence-electron chi connectivity index (χ2n) is 9.11. The molecule has 0 aromatic heterocycles. The summed E-state index contributed by atoms with van der Waals surface area (Å²) in [6.07, 6.45) is -0.378. The van der Waals surface area contributed by atoms with Crippen LogP contribution in [0.4, 0.5) is 4.79 Å². The molecule has 202 valence electrons. The first-order chi connectivity index (χ1) is 16.9. The molecule has 0 saturated heterocycles. The largest absolute Gasteiger partial charge is 0.508 e. The molecule has 0 aliphatic rings. The van der Waals surface area contributed by atoms with Crippen LogP contribution in [0.25, 0.3) is 0 Å². The van der Waals surface area contributed by atoms with Gasteiger partial charge in [0.05, 0.1) is 18.4 Å². The van der Waals surface area contributed by atoms with Gasteiger partial charge in [-0.05, 0) is 43.9 Å². The van der Waals surface area contributed by atoms with Gasteiger partial charge in [-0.2, -0.15) is 0 Å². The molecule has 1 rings (SSSR count). The summed E-state index contributed by atoms with van der Waals surface area (Å²) >= 11 is 0. The molecule has 0 aliphatic heterocycles. The smallest absolute Gasteiger partial charge is 0.480 e. The molecule has 0 bridgehead atoms. The van der Waals surface area contributed by atoms with Gasteiger partial charge in [-0.1, -0.05) is 40.7 Å². The minimum Gasteiger partial charge on any atom is -0.480 e. The van der Waals surface area contributed by atoms with E-state index in [1.54, 1.807) is 19.9 Å². The molecule has 1 aromatic rings. The fraction of sp³-hybridized carbons (Fsp3) is 0.615. The van der Waals surface area contributed by atoms with Crippen LogP contribution in [0.3, 0.4) is 0 Å². The van der Waals surface area contributed by atoms with Crippen LogP contribution in [-0.4, -0.2) is 47.4 Å². The summed E-state index contributed by atoms with van der Waals surface area (Å²) in [6, 6.07) is 4.43. The van der Waals surface area contributed by atoms with Gasteiger partial charge in [0.1, 0.15) is 11.6 Å². The molecule has 0 radical (unpaired) electrons. The zero-order valence-corrected chi connectivity index (χ0v) is 22.0. The normalized spacial score (nSPS) is 15.1. The molecular weight excluding hydrogens is 470 g/mol. The van der Waals surface area contributed by atoms with Crippen LogP contribution in [0.5, 0.6) is 11.5 Å². The van der Waals surface area contributed by atoms with Crippen molar-refractivity contribution in [2.24, 2.45) is 17.6 Å². The Balaban J connectivity index is 3.20. The Kier molecular flexibility index (Phi) is 12.4. The number of rotatable bonds is 14. The van der Waals surface area contributed by atoms with Crippen molar-refractivity contribution in [2.45, 2.75) is 85.3 Å². The summed E-state index contributed by atoms with van der Waals surface area (Å²) in [5.74, 6) is -3.01. The van der Waals surface area contributed by atoms with E-state index in [1.165, 1.54) is 19.1 Å². The van der Waals surface area contributed by atoms with Gasteiger partial charge in [0.15, 0.2) is 11.5 Å². The number of nitrogens with two attached hydrogens (primary N) is 1. The molecule has 0 saturated carbocycles. The average molecular weight is 510 g/mol. The Hall–Kier alpha value is -3.14. The third kappa shape index (κ3) is 9.49. The first-order valence-electron chi connectivity index (χ1n) is 12.3. The molecule has 0 aliphatic carbocycles. The van der Waals surface area contributed by atoms with Crippen molar-refractivity contribution in [3.8, 4) is 11.5 Å². The summed E-state index contributed by atoms with van der Waals surface area (Å²) in [4.78, 5) is 48.6. The maximum Gasteiger partial charge on any atom is 0.508 e. The van der Waals surface area contributed by atoms with Crippen LogP contribution in [-0.2, 0) is 30.3 Å². The van der Waals surface area contributed by atoms with Crippen LogP contribution in [0.2, 0.25) is 0 Å². The SMILES string of the molecule is CCCOC(=O)O[C@@H](C)CC(N)(Cc1ccc(OC(=O)C(C)CC)c(OC(=O)C(C)CC)c1)C(=O)O. The molecule has 10 heteroatoms. The molecule has 0 spiro atoms. The number of carboxylic acids is 1. The van der Waals surface area contributed by atoms with Gasteiger partial charge in [-0.15, -0.1) is 0 Å². The van der Waals surface area contributed by atoms with Gasteiger partial charge in [0.2, 0.25) is 0 Å². The van der Waals surface area contributed by atoms with Crippen LogP contribution in [0.1, 0.15) is 72.8 Å². The highest BCUT2D eigenvalue weighted by Gasteiger charge is 2.37. The van der Waals surface area contributed by atoms with E-state index in [0.717, 1.165) is 0 Å². The van der Waals surface area contributed by atoms with Crippen molar-refractivity contribution in [2.75, 3.05) is 6.61 Å². The number of ether oxygens (including phenoxy) is 4. The van der Waals surface area contributed by atoms with E-state index in [9.17, 15) is 24.3 Å². The van der Waals surface area contributed by atoms with Crippen molar-refractivity contribution >= 4 is 24.1 Å². The number of hydrogen-bond acceptors (Lipinski definition) is 9. The first kappa shape index (κ1) is 30.9. The predicted octanol–water partition coefficient (Wildman–Crippen LogP) is 4.26. The molecule has 0 heterocycles. The van der Waals surface area contributed by atoms with Crippen molar-refractivity contribution in [3.05, 3.63) is 23.8 Å². The Morgan fingerprint density at radius 2 is 1.50 bits per heavy atom. The number of carbonyl (C=O) groups excluding carboxylic acids is 3. The number of hydrogen-bond donors (Lipinski definition) is 2. The number of esters is 2. The van der Waals surface area contributed by atoms with Gasteiger partial charge in [0, 0.05) is 12.8 Å². The lowest BCUT2D eigenvalue weighted by Crippen LogP contribution is -2.52. The third-order valence-corrected chi connectivity index (χ3v) is 5.78. The topological polar surface area (TPSA) is 151 Å². The minimum atomic E-state index is -1.81. The number of carbonyl (C=O) groups is 4. The molecule has 4 atom stereocenters. The second kappa shape index (κ2) is 14.4. The van der Waals surface area contributed by atoms with Crippen LogP contribution in [0.15, 0.2) is 18.2 Å². The Morgan fingerprint density at radius 1 is 0.944 bits per heavy atom. The van der Waals surface area contributed by atoms with E-state index < -0.39 is 41.6 Å². The van der Waals surface area contributed by atoms with Crippen molar-refractivity contribution < 1.29 is 43.2 Å². The second-order valence-corrected chi connectivity index (χ2v) is 9.11. The van der Waals surface area contributed by atoms with Gasteiger partial charge < -0.3 is 29.8 Å². The van der Waals surface area contributed by atoms with Gasteiger partial charge in [-0.3, -0.25) is 14.4 Å². The Labute approximate surface area is 212 Å². The van der Waals surface area contributed by atoms with E-state index in [2.05, 4.69) is 0 Å². The van der Waals surface area contributed by atoms with E-state index in [0.29, 0.717) is 24.8 Å². The fourth-order valence-corrected chi connectivity index (χ4v) is 3.12. The summed E-state index contributed by atoms with van der Waals surface area (Å²) in [5, 5.41) is 9.85. The van der Waals surface area contributed by atoms with Crippen molar-refractivity contribution in [1.29, 1.82) is 0 Å². The molecular formula is C26H39NO9.